The summed E-state index contributed by atoms with van der Waals surface area (Å²) in [5.41, 5.74) is 1.03. The Morgan fingerprint density at radius 3 is 2.53 bits per heavy atom. The van der Waals surface area contributed by atoms with E-state index in [2.05, 4.69) is 6.58 Å². The Bertz CT molecular complexity index is 328. The van der Waals surface area contributed by atoms with Crippen LogP contribution in [0.2, 0.25) is 0 Å². The quantitative estimate of drug-likeness (QED) is 0.666. The number of hydrogen-bond acceptors (Lipinski definition) is 2. The van der Waals surface area contributed by atoms with E-state index in [0.717, 1.165) is 17.7 Å². The van der Waals surface area contributed by atoms with Crippen molar-refractivity contribution >= 4 is 5.78 Å². The molecule has 0 spiro atoms. The molecule has 0 amide bonds. The van der Waals surface area contributed by atoms with Gasteiger partial charge in [-0.25, -0.2) is 0 Å². The van der Waals surface area contributed by atoms with E-state index in [1.165, 1.54) is 0 Å². The first-order valence-electron chi connectivity index (χ1n) is 5.02. The minimum atomic E-state index is 0.113. The Labute approximate surface area is 90.6 Å². The predicted molar refractivity (Wildman–Crippen MR) is 61.0 cm³/mol. The van der Waals surface area contributed by atoms with E-state index in [1.807, 2.05) is 37.3 Å². The van der Waals surface area contributed by atoms with Gasteiger partial charge in [-0.1, -0.05) is 23.8 Å². The molecule has 0 atom stereocenters. The third kappa shape index (κ3) is 5.01. The summed E-state index contributed by atoms with van der Waals surface area (Å²) in [6, 6.07) is 9.36. The van der Waals surface area contributed by atoms with Crippen LogP contribution < -0.4 is 4.74 Å². The number of allylic oxidation sites excluding steroid dienone is 1. The molecular weight excluding hydrogens is 188 g/mol. The predicted octanol–water partition coefficient (Wildman–Crippen LogP) is 2.99. The molecule has 0 aromatic heterocycles. The average molecular weight is 204 g/mol. The van der Waals surface area contributed by atoms with Crippen LogP contribution in [0.1, 0.15) is 19.8 Å². The Hall–Kier alpha value is -1.57. The van der Waals surface area contributed by atoms with E-state index >= 15 is 0 Å². The minimum Gasteiger partial charge on any atom is -0.486 e. The van der Waals surface area contributed by atoms with E-state index in [4.69, 9.17) is 4.74 Å². The van der Waals surface area contributed by atoms with Crippen LogP contribution in [0.3, 0.4) is 0 Å². The van der Waals surface area contributed by atoms with E-state index in [-0.39, 0.29) is 12.4 Å². The molecule has 0 aliphatic carbocycles. The van der Waals surface area contributed by atoms with Crippen LogP contribution >= 0.6 is 0 Å². The molecule has 1 aromatic carbocycles. The van der Waals surface area contributed by atoms with Gasteiger partial charge in [0.25, 0.3) is 0 Å². The van der Waals surface area contributed by atoms with Gasteiger partial charge in [0.2, 0.25) is 0 Å². The molecule has 0 aliphatic heterocycles. The topological polar surface area (TPSA) is 26.3 Å². The van der Waals surface area contributed by atoms with Crippen LogP contribution in [0.4, 0.5) is 0 Å². The molecule has 2 nitrogen and oxygen atoms in total. The normalized spacial score (nSPS) is 9.67. The SMILES string of the molecule is C=C(C)CCC(=O)COc1ccccc1. The second kappa shape index (κ2) is 6.02. The molecule has 0 aliphatic rings. The number of rotatable bonds is 6. The maximum atomic E-state index is 11.4. The third-order valence-electron chi connectivity index (χ3n) is 1.97. The highest BCUT2D eigenvalue weighted by atomic mass is 16.5. The summed E-state index contributed by atoms with van der Waals surface area (Å²) < 4.78 is 5.32. The number of benzene rings is 1. The molecule has 0 saturated heterocycles. The molecule has 0 fully saturated rings. The minimum absolute atomic E-state index is 0.113. The molecule has 2 heteroatoms. The highest BCUT2D eigenvalue weighted by Crippen LogP contribution is 2.09. The molecule has 0 radical (unpaired) electrons. The standard InChI is InChI=1S/C13H16O2/c1-11(2)8-9-12(14)10-15-13-6-4-3-5-7-13/h3-7H,1,8-10H2,2H3. The lowest BCUT2D eigenvalue weighted by atomic mass is 10.1. The van der Waals surface area contributed by atoms with Crippen molar-refractivity contribution in [3.63, 3.8) is 0 Å². The van der Waals surface area contributed by atoms with Crippen LogP contribution in [-0.2, 0) is 4.79 Å². The highest BCUT2D eigenvalue weighted by molar-refractivity contribution is 5.80. The van der Waals surface area contributed by atoms with Crippen LogP contribution in [-0.4, -0.2) is 12.4 Å². The van der Waals surface area contributed by atoms with Gasteiger partial charge in [-0.3, -0.25) is 4.79 Å². The van der Waals surface area contributed by atoms with Gasteiger partial charge in [0, 0.05) is 6.42 Å². The Morgan fingerprint density at radius 2 is 1.93 bits per heavy atom. The summed E-state index contributed by atoms with van der Waals surface area (Å²) in [5.74, 6) is 0.850. The van der Waals surface area contributed by atoms with Crippen molar-refractivity contribution in [1.82, 2.24) is 0 Å². The van der Waals surface area contributed by atoms with E-state index in [0.29, 0.717) is 6.42 Å². The summed E-state index contributed by atoms with van der Waals surface area (Å²) in [6.07, 6.45) is 1.26. The van der Waals surface area contributed by atoms with Crippen LogP contribution in [0.15, 0.2) is 42.5 Å². The van der Waals surface area contributed by atoms with E-state index in [9.17, 15) is 4.79 Å². The first kappa shape index (κ1) is 11.5. The monoisotopic (exact) mass is 204 g/mol. The van der Waals surface area contributed by atoms with Crippen molar-refractivity contribution in [3.05, 3.63) is 42.5 Å². The number of carbonyl (C=O) groups excluding carboxylic acids is 1. The molecule has 0 saturated carbocycles. The average Bonchev–Trinajstić information content (AvgIpc) is 2.25. The number of carbonyl (C=O) groups is 1. The van der Waals surface area contributed by atoms with Gasteiger partial charge in [-0.15, -0.1) is 6.58 Å². The van der Waals surface area contributed by atoms with Gasteiger partial charge in [0.15, 0.2) is 5.78 Å². The Morgan fingerprint density at radius 1 is 1.27 bits per heavy atom. The molecule has 1 rings (SSSR count). The highest BCUT2D eigenvalue weighted by Gasteiger charge is 2.02. The summed E-state index contributed by atoms with van der Waals surface area (Å²) in [7, 11) is 0. The molecule has 0 N–H and O–H groups in total. The van der Waals surface area contributed by atoms with Gasteiger partial charge < -0.3 is 4.74 Å². The van der Waals surface area contributed by atoms with E-state index < -0.39 is 0 Å². The maximum absolute atomic E-state index is 11.4. The van der Waals surface area contributed by atoms with Crippen LogP contribution in [0.25, 0.3) is 0 Å². The molecule has 1 aromatic rings. The van der Waals surface area contributed by atoms with Crippen LogP contribution in [0, 0.1) is 0 Å². The Balaban J connectivity index is 2.26. The Kier molecular flexibility index (Phi) is 4.61. The molecule has 0 bridgehead atoms. The van der Waals surface area contributed by atoms with Gasteiger partial charge in [-0.05, 0) is 25.5 Å². The zero-order valence-electron chi connectivity index (χ0n) is 9.03. The third-order valence-corrected chi connectivity index (χ3v) is 1.97. The fourth-order valence-corrected chi connectivity index (χ4v) is 1.11. The molecule has 0 unspecified atom stereocenters. The number of ether oxygens (including phenoxy) is 1. The van der Waals surface area contributed by atoms with Crippen molar-refractivity contribution in [2.45, 2.75) is 19.8 Å². The van der Waals surface area contributed by atoms with Gasteiger partial charge in [-0.2, -0.15) is 0 Å². The second-order valence-electron chi connectivity index (χ2n) is 3.60. The number of Topliss-reactive ketones (excluding diaryl/α,β-unsaturated/α-hetero) is 1. The fourth-order valence-electron chi connectivity index (χ4n) is 1.11. The van der Waals surface area contributed by atoms with Crippen molar-refractivity contribution in [3.8, 4) is 5.75 Å². The summed E-state index contributed by atoms with van der Waals surface area (Å²) >= 11 is 0. The molecule has 0 heterocycles. The summed E-state index contributed by atoms with van der Waals surface area (Å²) in [4.78, 5) is 11.4. The lowest BCUT2D eigenvalue weighted by molar-refractivity contribution is -0.121. The number of ketones is 1. The summed E-state index contributed by atoms with van der Waals surface area (Å²) in [5, 5.41) is 0. The second-order valence-corrected chi connectivity index (χ2v) is 3.60. The first-order chi connectivity index (χ1) is 7.18. The van der Waals surface area contributed by atoms with Crippen molar-refractivity contribution in [2.75, 3.05) is 6.61 Å². The zero-order chi connectivity index (χ0) is 11.1. The van der Waals surface area contributed by atoms with Gasteiger partial charge in [0.1, 0.15) is 12.4 Å². The smallest absolute Gasteiger partial charge is 0.170 e. The molecule has 80 valence electrons. The largest absolute Gasteiger partial charge is 0.486 e. The zero-order valence-corrected chi connectivity index (χ0v) is 9.03. The van der Waals surface area contributed by atoms with Crippen molar-refractivity contribution in [1.29, 1.82) is 0 Å². The number of para-hydroxylation sites is 1. The van der Waals surface area contributed by atoms with Gasteiger partial charge >= 0.3 is 0 Å². The first-order valence-corrected chi connectivity index (χ1v) is 5.02. The summed E-state index contributed by atoms with van der Waals surface area (Å²) in [6.45, 7) is 5.82. The lowest BCUT2D eigenvalue weighted by Crippen LogP contribution is -2.10. The van der Waals surface area contributed by atoms with Crippen LogP contribution in [0.5, 0.6) is 5.75 Å². The fraction of sp³-hybridized carbons (Fsp3) is 0.308. The molecular formula is C13H16O2. The maximum Gasteiger partial charge on any atom is 0.170 e. The van der Waals surface area contributed by atoms with Crippen molar-refractivity contribution < 1.29 is 9.53 Å². The van der Waals surface area contributed by atoms with Gasteiger partial charge in [0.05, 0.1) is 0 Å². The lowest BCUT2D eigenvalue weighted by Gasteiger charge is -2.04. The number of hydrogen-bond donors (Lipinski definition) is 0. The van der Waals surface area contributed by atoms with Crippen molar-refractivity contribution in [2.24, 2.45) is 0 Å². The molecule has 15 heavy (non-hydrogen) atoms. The van der Waals surface area contributed by atoms with E-state index in [1.54, 1.807) is 0 Å².